The molecule has 0 saturated carbocycles. The summed E-state index contributed by atoms with van der Waals surface area (Å²) in [6.45, 7) is 19.5. The summed E-state index contributed by atoms with van der Waals surface area (Å²) in [4.78, 5) is 2.70. The van der Waals surface area contributed by atoms with E-state index in [0.717, 1.165) is 0 Å². The molecule has 0 fully saturated rings. The van der Waals surface area contributed by atoms with Crippen molar-refractivity contribution in [2.75, 3.05) is 91.9 Å². The van der Waals surface area contributed by atoms with Gasteiger partial charge in [-0.3, -0.25) is 0 Å². The first-order valence-corrected chi connectivity index (χ1v) is 21.3. The van der Waals surface area contributed by atoms with Crippen LogP contribution in [0.4, 0.5) is 0 Å². The fourth-order valence-corrected chi connectivity index (χ4v) is 24.2. The van der Waals surface area contributed by atoms with Crippen LogP contribution < -0.4 is 0 Å². The monoisotopic (exact) mass is 487 g/mol. The molecule has 1 unspecified atom stereocenters. The van der Waals surface area contributed by atoms with E-state index in [-0.39, 0.29) is 7.61 Å². The van der Waals surface area contributed by atoms with Crippen LogP contribution in [0.1, 0.15) is 48.5 Å². The molecule has 6 heteroatoms. The van der Waals surface area contributed by atoms with Crippen LogP contribution in [-0.4, -0.2) is 96.8 Å². The molecule has 0 aliphatic carbocycles. The van der Waals surface area contributed by atoms with Crippen LogP contribution in [0.3, 0.4) is 0 Å². The third-order valence-electron chi connectivity index (χ3n) is 6.32. The Bertz CT molecular complexity index is 342. The third kappa shape index (κ3) is 12.1. The van der Waals surface area contributed by atoms with Gasteiger partial charge in [-0.25, -0.2) is 0 Å². The number of rotatable bonds is 20. The van der Waals surface area contributed by atoms with E-state index in [1.807, 2.05) is 0 Å². The van der Waals surface area contributed by atoms with E-state index in [9.17, 15) is 0 Å². The van der Waals surface area contributed by atoms with Crippen molar-refractivity contribution in [3.63, 3.8) is 0 Å². The van der Waals surface area contributed by atoms with Crippen molar-refractivity contribution in [2.24, 2.45) is 0 Å². The summed E-state index contributed by atoms with van der Waals surface area (Å²) in [5, 5.41) is 0. The van der Waals surface area contributed by atoms with E-state index in [0.29, 0.717) is 7.92 Å². The Morgan fingerprint density at radius 2 is 1.32 bits per heavy atom. The van der Waals surface area contributed by atoms with Gasteiger partial charge < -0.3 is 0 Å². The summed E-state index contributed by atoms with van der Waals surface area (Å²) in [7, 11) is 0.586. The average Bonchev–Trinajstić information content (AvgIpc) is 2.73. The summed E-state index contributed by atoms with van der Waals surface area (Å²) < 4.78 is 0. The molecule has 0 aromatic carbocycles. The van der Waals surface area contributed by atoms with Crippen molar-refractivity contribution < 1.29 is 0 Å². The second-order valence-electron chi connectivity index (χ2n) is 7.51. The molecule has 0 heterocycles. The van der Waals surface area contributed by atoms with Gasteiger partial charge in [0.1, 0.15) is 0 Å². The Morgan fingerprint density at radius 3 is 1.82 bits per heavy atom. The molecule has 0 aromatic rings. The maximum absolute atomic E-state index is 2.70. The SMILES string of the molecule is CCSCCP(CCP(CC)CC)[PH](CC)(CCSCC)CCN(CC)CC. The maximum atomic E-state index is 2.70. The first kappa shape index (κ1) is 29.9. The normalized spacial score (nSPS) is 14.2. The van der Waals surface area contributed by atoms with Crippen molar-refractivity contribution >= 4 is 46.0 Å². The number of hydrogen-bond acceptors (Lipinski definition) is 3. The molecule has 0 aliphatic rings. The fraction of sp³-hybridized carbons (Fsp3) is 1.00. The molecular formula is C22H52NP3S2. The summed E-state index contributed by atoms with van der Waals surface area (Å²) in [6, 6.07) is 0. The molecule has 1 nitrogen and oxygen atoms in total. The van der Waals surface area contributed by atoms with Crippen molar-refractivity contribution in [1.29, 1.82) is 0 Å². The van der Waals surface area contributed by atoms with Gasteiger partial charge in [-0.1, -0.05) is 0 Å². The van der Waals surface area contributed by atoms with Gasteiger partial charge in [0.15, 0.2) is 0 Å². The molecular weight excluding hydrogens is 435 g/mol. The number of thioether (sulfide) groups is 2. The minimum atomic E-state index is -1.17. The summed E-state index contributed by atoms with van der Waals surface area (Å²) in [5.74, 6) is 5.46. The van der Waals surface area contributed by atoms with Crippen molar-refractivity contribution in [2.45, 2.75) is 48.5 Å². The first-order valence-electron chi connectivity index (χ1n) is 11.9. The van der Waals surface area contributed by atoms with Gasteiger partial charge in [-0.15, -0.1) is 0 Å². The van der Waals surface area contributed by atoms with Gasteiger partial charge in [0.05, 0.1) is 0 Å². The van der Waals surface area contributed by atoms with E-state index < -0.39 is 6.95 Å². The van der Waals surface area contributed by atoms with Crippen molar-refractivity contribution in [1.82, 2.24) is 4.90 Å². The molecule has 0 bridgehead atoms. The fourth-order valence-electron chi connectivity index (χ4n) is 4.04. The second kappa shape index (κ2) is 19.6. The number of hydrogen-bond donors (Lipinski definition) is 0. The Kier molecular flexibility index (Phi) is 21.0. The first-order chi connectivity index (χ1) is 13.6. The van der Waals surface area contributed by atoms with Gasteiger partial charge >= 0.3 is 191 Å². The molecule has 1 atom stereocenters. The summed E-state index contributed by atoms with van der Waals surface area (Å²) in [6.07, 6.45) is 12.4. The van der Waals surface area contributed by atoms with Gasteiger partial charge in [-0.2, -0.15) is 0 Å². The molecule has 0 N–H and O–H groups in total. The van der Waals surface area contributed by atoms with Gasteiger partial charge in [0.25, 0.3) is 0 Å². The topological polar surface area (TPSA) is 3.24 Å². The molecule has 0 aliphatic heterocycles. The average molecular weight is 488 g/mol. The van der Waals surface area contributed by atoms with Crippen LogP contribution >= 0.6 is 46.0 Å². The summed E-state index contributed by atoms with van der Waals surface area (Å²) >= 11 is 4.40. The predicted octanol–water partition coefficient (Wildman–Crippen LogP) is 7.52. The zero-order valence-corrected chi connectivity index (χ0v) is 24.7. The number of nitrogens with zero attached hydrogens (tertiary/aromatic N) is 1. The molecule has 28 heavy (non-hydrogen) atoms. The van der Waals surface area contributed by atoms with Gasteiger partial charge in [0.2, 0.25) is 0 Å². The Labute approximate surface area is 190 Å². The minimum absolute atomic E-state index is 0.273. The van der Waals surface area contributed by atoms with E-state index in [4.69, 9.17) is 0 Å². The molecule has 172 valence electrons. The van der Waals surface area contributed by atoms with E-state index in [1.54, 1.807) is 30.8 Å². The molecule has 0 rings (SSSR count). The van der Waals surface area contributed by atoms with E-state index in [1.165, 1.54) is 61.1 Å². The van der Waals surface area contributed by atoms with Crippen LogP contribution in [-0.2, 0) is 0 Å². The van der Waals surface area contributed by atoms with Gasteiger partial charge in [0, 0.05) is 0 Å². The Hall–Kier alpha value is 1.95. The van der Waals surface area contributed by atoms with Gasteiger partial charge in [-0.05, 0) is 0 Å². The molecule has 0 radical (unpaired) electrons. The van der Waals surface area contributed by atoms with Crippen LogP contribution in [0.5, 0.6) is 0 Å². The summed E-state index contributed by atoms with van der Waals surface area (Å²) in [5.41, 5.74) is 0. The Balaban J connectivity index is 5.39. The van der Waals surface area contributed by atoms with Crippen LogP contribution in [0.15, 0.2) is 0 Å². The zero-order chi connectivity index (χ0) is 21.3. The molecule has 0 spiro atoms. The van der Waals surface area contributed by atoms with Crippen molar-refractivity contribution in [3.8, 4) is 0 Å². The second-order valence-corrected chi connectivity index (χ2v) is 24.2. The third-order valence-corrected chi connectivity index (χ3v) is 26.0. The quantitative estimate of drug-likeness (QED) is 0.129. The van der Waals surface area contributed by atoms with Crippen LogP contribution in [0.25, 0.3) is 0 Å². The van der Waals surface area contributed by atoms with Crippen molar-refractivity contribution in [3.05, 3.63) is 0 Å². The van der Waals surface area contributed by atoms with E-state index >= 15 is 0 Å². The van der Waals surface area contributed by atoms with Crippen LogP contribution in [0.2, 0.25) is 0 Å². The Morgan fingerprint density at radius 1 is 0.714 bits per heavy atom. The molecule has 0 amide bonds. The van der Waals surface area contributed by atoms with E-state index in [2.05, 4.69) is 76.9 Å². The predicted molar refractivity (Wildman–Crippen MR) is 152 cm³/mol. The molecule has 0 aromatic heterocycles. The van der Waals surface area contributed by atoms with Crippen LogP contribution in [0, 0.1) is 0 Å². The standard InChI is InChI=1S/C22H52NP3S2/c1-8-23(9-2)15-19-26(12-5,20-22-28-14-7)25(18-21-27-13-6)17-16-24(10-3)11-4/h26H,8-22H2,1-7H3. The zero-order valence-electron chi connectivity index (χ0n) is 20.3. The molecule has 0 saturated heterocycles.